The SMILES string of the molecule is CCCS(=O)(=O)Nc1ccc(F)c(-n2cc(C)c3nc(N4CCN(C(=O)OC(C)(C)C)CC4)ccc32)c1F. The Morgan fingerprint density at radius 1 is 1.11 bits per heavy atom. The lowest BCUT2D eigenvalue weighted by atomic mass is 10.2. The highest BCUT2D eigenvalue weighted by Crippen LogP contribution is 2.31. The van der Waals surface area contributed by atoms with Crippen molar-refractivity contribution in [3.05, 3.63) is 47.7 Å². The van der Waals surface area contributed by atoms with Crippen molar-refractivity contribution in [2.24, 2.45) is 0 Å². The number of sulfonamides is 1. The second-order valence-electron chi connectivity index (χ2n) is 10.4. The van der Waals surface area contributed by atoms with E-state index in [0.29, 0.717) is 55.0 Å². The summed E-state index contributed by atoms with van der Waals surface area (Å²) in [5.41, 5.74) is 0.467. The summed E-state index contributed by atoms with van der Waals surface area (Å²) in [4.78, 5) is 20.8. The number of aryl methyl sites for hydroxylation is 1. The number of fused-ring (bicyclic) bond motifs is 1. The molecule has 0 saturated carbocycles. The molecule has 0 radical (unpaired) electrons. The molecule has 0 atom stereocenters. The maximum atomic E-state index is 15.4. The van der Waals surface area contributed by atoms with Gasteiger partial charge in [0.1, 0.15) is 22.9 Å². The van der Waals surface area contributed by atoms with Gasteiger partial charge in [-0.25, -0.2) is 27.0 Å². The van der Waals surface area contributed by atoms with E-state index in [0.717, 1.165) is 12.1 Å². The van der Waals surface area contributed by atoms with Crippen molar-refractivity contribution in [3.63, 3.8) is 0 Å². The van der Waals surface area contributed by atoms with Gasteiger partial charge in [0.25, 0.3) is 0 Å². The van der Waals surface area contributed by atoms with Crippen LogP contribution in [0.3, 0.4) is 0 Å². The topological polar surface area (TPSA) is 96.8 Å². The van der Waals surface area contributed by atoms with Crippen LogP contribution in [0.1, 0.15) is 39.7 Å². The van der Waals surface area contributed by atoms with E-state index < -0.39 is 27.3 Å². The monoisotopic (exact) mass is 549 g/mol. The summed E-state index contributed by atoms with van der Waals surface area (Å²) in [6.07, 6.45) is 1.58. The fourth-order valence-corrected chi connectivity index (χ4v) is 5.52. The molecule has 1 amide bonds. The number of pyridine rings is 1. The van der Waals surface area contributed by atoms with Crippen molar-refractivity contribution in [2.45, 2.75) is 46.6 Å². The van der Waals surface area contributed by atoms with Crippen LogP contribution in [-0.4, -0.2) is 66.5 Å². The zero-order chi connectivity index (χ0) is 27.8. The number of benzene rings is 1. The van der Waals surface area contributed by atoms with Crippen LogP contribution in [0.2, 0.25) is 0 Å². The van der Waals surface area contributed by atoms with E-state index in [1.54, 1.807) is 37.1 Å². The summed E-state index contributed by atoms with van der Waals surface area (Å²) < 4.78 is 63.7. The number of halogens is 2. The summed E-state index contributed by atoms with van der Waals surface area (Å²) in [7, 11) is -3.76. The van der Waals surface area contributed by atoms with E-state index in [2.05, 4.69) is 4.72 Å². The van der Waals surface area contributed by atoms with E-state index in [1.165, 1.54) is 4.57 Å². The lowest BCUT2D eigenvalue weighted by Gasteiger charge is -2.36. The summed E-state index contributed by atoms with van der Waals surface area (Å²) in [6.45, 7) is 11.0. The van der Waals surface area contributed by atoms with Crippen LogP contribution in [0.5, 0.6) is 0 Å². The van der Waals surface area contributed by atoms with Crippen molar-refractivity contribution in [1.29, 1.82) is 0 Å². The quantitative estimate of drug-likeness (QED) is 0.474. The first-order chi connectivity index (χ1) is 17.8. The molecule has 206 valence electrons. The number of nitrogens with one attached hydrogen (secondary N) is 1. The number of anilines is 2. The first-order valence-electron chi connectivity index (χ1n) is 12.5. The van der Waals surface area contributed by atoms with Crippen molar-refractivity contribution >= 4 is 38.7 Å². The molecule has 1 aromatic carbocycles. The average Bonchev–Trinajstić information content (AvgIpc) is 3.15. The maximum Gasteiger partial charge on any atom is 0.410 e. The molecule has 0 bridgehead atoms. The third kappa shape index (κ3) is 5.85. The lowest BCUT2D eigenvalue weighted by Crippen LogP contribution is -2.50. The number of ether oxygens (including phenoxy) is 1. The lowest BCUT2D eigenvalue weighted by molar-refractivity contribution is 0.0240. The number of rotatable bonds is 6. The van der Waals surface area contributed by atoms with Gasteiger partial charge in [-0.2, -0.15) is 0 Å². The molecule has 0 aliphatic carbocycles. The molecule has 1 saturated heterocycles. The Morgan fingerprint density at radius 2 is 1.79 bits per heavy atom. The molecular formula is C26H33F2N5O4S. The molecule has 1 aliphatic heterocycles. The Morgan fingerprint density at radius 3 is 2.42 bits per heavy atom. The first-order valence-corrected chi connectivity index (χ1v) is 14.2. The van der Waals surface area contributed by atoms with Gasteiger partial charge in [-0.1, -0.05) is 6.92 Å². The van der Waals surface area contributed by atoms with Gasteiger partial charge >= 0.3 is 6.09 Å². The van der Waals surface area contributed by atoms with E-state index in [4.69, 9.17) is 9.72 Å². The first kappa shape index (κ1) is 27.6. The standard InChI is InChI=1S/C26H33F2N5O4S/c1-6-15-38(35,36)30-19-8-7-18(27)24(22(19)28)33-16-17(2)23-20(33)9-10-21(29-23)31-11-13-32(14-12-31)25(34)37-26(3,4)5/h7-10,16,30H,6,11-15H2,1-5H3. The minimum atomic E-state index is -3.76. The summed E-state index contributed by atoms with van der Waals surface area (Å²) >= 11 is 0. The van der Waals surface area contributed by atoms with Crippen LogP contribution >= 0.6 is 0 Å². The molecule has 3 heterocycles. The summed E-state index contributed by atoms with van der Waals surface area (Å²) in [5.74, 6) is -1.34. The number of carbonyl (C=O) groups is 1. The van der Waals surface area contributed by atoms with Crippen molar-refractivity contribution in [1.82, 2.24) is 14.5 Å². The highest BCUT2D eigenvalue weighted by molar-refractivity contribution is 7.92. The van der Waals surface area contributed by atoms with Crippen LogP contribution in [0.4, 0.5) is 25.1 Å². The molecule has 1 N–H and O–H groups in total. The third-order valence-corrected chi connectivity index (χ3v) is 7.59. The van der Waals surface area contributed by atoms with Crippen LogP contribution in [0.15, 0.2) is 30.5 Å². The second kappa shape index (κ2) is 10.4. The Labute approximate surface area is 221 Å². The molecule has 12 heteroatoms. The molecule has 1 aliphatic rings. The van der Waals surface area contributed by atoms with Gasteiger partial charge in [-0.3, -0.25) is 4.72 Å². The van der Waals surface area contributed by atoms with Gasteiger partial charge in [-0.05, 0) is 63.9 Å². The number of amides is 1. The van der Waals surface area contributed by atoms with E-state index in [-0.39, 0.29) is 23.2 Å². The molecule has 2 aromatic heterocycles. The largest absolute Gasteiger partial charge is 0.444 e. The Bertz CT molecular complexity index is 1460. The molecule has 4 rings (SSSR count). The average molecular weight is 550 g/mol. The van der Waals surface area contributed by atoms with Crippen molar-refractivity contribution in [2.75, 3.05) is 41.6 Å². The Kier molecular flexibility index (Phi) is 7.55. The summed E-state index contributed by atoms with van der Waals surface area (Å²) in [6, 6.07) is 5.62. The zero-order valence-electron chi connectivity index (χ0n) is 22.2. The molecule has 3 aromatic rings. The molecule has 1 fully saturated rings. The fourth-order valence-electron chi connectivity index (χ4n) is 4.38. The van der Waals surface area contributed by atoms with Crippen LogP contribution in [0.25, 0.3) is 16.7 Å². The minimum absolute atomic E-state index is 0.177. The van der Waals surface area contributed by atoms with Gasteiger partial charge in [0, 0.05) is 32.4 Å². The number of hydrogen-bond acceptors (Lipinski definition) is 6. The van der Waals surface area contributed by atoms with Gasteiger partial charge in [0.05, 0.1) is 22.5 Å². The van der Waals surface area contributed by atoms with Crippen LogP contribution in [-0.2, 0) is 14.8 Å². The number of nitrogens with zero attached hydrogens (tertiary/aromatic N) is 4. The Hall–Kier alpha value is -3.41. The normalized spacial score (nSPS) is 14.7. The molecule has 0 unspecified atom stereocenters. The number of aromatic nitrogens is 2. The van der Waals surface area contributed by atoms with Gasteiger partial charge in [-0.15, -0.1) is 0 Å². The van der Waals surface area contributed by atoms with Gasteiger partial charge in [0.2, 0.25) is 10.0 Å². The second-order valence-corrected chi connectivity index (χ2v) is 12.2. The minimum Gasteiger partial charge on any atom is -0.444 e. The summed E-state index contributed by atoms with van der Waals surface area (Å²) in [5, 5.41) is 0. The van der Waals surface area contributed by atoms with Crippen LogP contribution in [0, 0.1) is 18.6 Å². The van der Waals surface area contributed by atoms with Crippen LogP contribution < -0.4 is 9.62 Å². The maximum absolute atomic E-state index is 15.4. The molecule has 38 heavy (non-hydrogen) atoms. The van der Waals surface area contributed by atoms with E-state index in [1.807, 2.05) is 25.7 Å². The fraction of sp³-hybridized carbons (Fsp3) is 0.462. The van der Waals surface area contributed by atoms with Crippen molar-refractivity contribution in [3.8, 4) is 5.69 Å². The Balaban J connectivity index is 1.61. The smallest absolute Gasteiger partial charge is 0.410 e. The highest BCUT2D eigenvalue weighted by Gasteiger charge is 2.27. The molecule has 9 nitrogen and oxygen atoms in total. The van der Waals surface area contributed by atoms with Crippen molar-refractivity contribution < 1.29 is 26.7 Å². The number of carbonyl (C=O) groups excluding carboxylic acids is 1. The number of hydrogen-bond donors (Lipinski definition) is 1. The third-order valence-electron chi connectivity index (χ3n) is 6.12. The molecule has 0 spiro atoms. The zero-order valence-corrected chi connectivity index (χ0v) is 23.0. The molecular weight excluding hydrogens is 516 g/mol. The van der Waals surface area contributed by atoms with E-state index in [9.17, 15) is 17.6 Å². The predicted octanol–water partition coefficient (Wildman–Crippen LogP) is 4.82. The predicted molar refractivity (Wildman–Crippen MR) is 143 cm³/mol. The van der Waals surface area contributed by atoms with E-state index >= 15 is 4.39 Å². The number of piperazine rings is 1. The van der Waals surface area contributed by atoms with Gasteiger partial charge in [0.15, 0.2) is 5.82 Å². The highest BCUT2D eigenvalue weighted by atomic mass is 32.2. The van der Waals surface area contributed by atoms with Gasteiger partial charge < -0.3 is 19.1 Å².